The van der Waals surface area contributed by atoms with Crippen LogP contribution in [0.3, 0.4) is 0 Å². The number of ether oxygens (including phenoxy) is 2. The first-order chi connectivity index (χ1) is 16.3. The Morgan fingerprint density at radius 3 is 2.56 bits per heavy atom. The minimum Gasteiger partial charge on any atom is -0.465 e. The van der Waals surface area contributed by atoms with Crippen LogP contribution in [0, 0.1) is 39.0 Å². The van der Waals surface area contributed by atoms with Gasteiger partial charge in [-0.25, -0.2) is 4.79 Å². The van der Waals surface area contributed by atoms with Crippen molar-refractivity contribution in [2.24, 2.45) is 5.73 Å². The van der Waals surface area contributed by atoms with Crippen molar-refractivity contribution in [1.82, 2.24) is 0 Å². The number of carbonyl (C=O) groups is 1. The molecule has 3 heterocycles. The quantitative estimate of drug-likeness (QED) is 0.312. The molecule has 0 bridgehead atoms. The van der Waals surface area contributed by atoms with E-state index in [0.29, 0.717) is 22.7 Å². The number of benzene rings is 2. The fourth-order valence-electron chi connectivity index (χ4n) is 4.54. The van der Waals surface area contributed by atoms with Gasteiger partial charge in [0.2, 0.25) is 11.6 Å². The van der Waals surface area contributed by atoms with Crippen LogP contribution in [0.15, 0.2) is 62.8 Å². The minimum absolute atomic E-state index is 0.0171. The van der Waals surface area contributed by atoms with Crippen molar-refractivity contribution in [3.63, 3.8) is 0 Å². The predicted octanol–water partition coefficient (Wildman–Crippen LogP) is 5.70. The molecule has 1 unspecified atom stereocenters. The molecule has 7 nitrogen and oxygen atoms in total. The molecule has 0 saturated heterocycles. The zero-order valence-electron chi connectivity index (χ0n) is 19.2. The van der Waals surface area contributed by atoms with Gasteiger partial charge in [0.05, 0.1) is 5.92 Å². The summed E-state index contributed by atoms with van der Waals surface area (Å²) in [4.78, 5) is 13.0. The van der Waals surface area contributed by atoms with E-state index in [1.54, 1.807) is 18.2 Å². The molecule has 170 valence electrons. The Morgan fingerprint density at radius 2 is 1.85 bits per heavy atom. The average molecular weight is 454 g/mol. The van der Waals surface area contributed by atoms with Crippen LogP contribution >= 0.6 is 0 Å². The number of nitrogens with zero attached hydrogens (tertiary/aromatic N) is 1. The number of nitriles is 1. The summed E-state index contributed by atoms with van der Waals surface area (Å²) in [5.74, 6) is 0.949. The molecule has 0 aliphatic carbocycles. The molecule has 1 aliphatic heterocycles. The van der Waals surface area contributed by atoms with Crippen LogP contribution in [0.5, 0.6) is 11.5 Å². The van der Waals surface area contributed by atoms with Crippen LogP contribution in [0.25, 0.3) is 11.0 Å². The van der Waals surface area contributed by atoms with Gasteiger partial charge in [0.1, 0.15) is 40.2 Å². The van der Waals surface area contributed by atoms with Crippen molar-refractivity contribution in [2.75, 3.05) is 0 Å². The number of rotatable bonds is 3. The van der Waals surface area contributed by atoms with Crippen molar-refractivity contribution in [3.05, 3.63) is 93.5 Å². The van der Waals surface area contributed by atoms with Crippen molar-refractivity contribution in [1.29, 1.82) is 5.26 Å². The summed E-state index contributed by atoms with van der Waals surface area (Å²) < 4.78 is 23.0. The number of carbonyl (C=O) groups excluding carboxylic acids is 1. The number of nitrogens with two attached hydrogens (primary N) is 1. The highest BCUT2D eigenvalue weighted by Crippen LogP contribution is 2.44. The topological polar surface area (TPSA) is 112 Å². The smallest absolute Gasteiger partial charge is 0.379 e. The largest absolute Gasteiger partial charge is 0.465 e. The van der Waals surface area contributed by atoms with Gasteiger partial charge in [0.25, 0.3) is 0 Å². The van der Waals surface area contributed by atoms with E-state index < -0.39 is 11.9 Å². The molecule has 4 aromatic rings. The predicted molar refractivity (Wildman–Crippen MR) is 125 cm³/mol. The number of hydrogen-bond acceptors (Lipinski definition) is 7. The minimum atomic E-state index is -0.610. The van der Waals surface area contributed by atoms with E-state index in [4.69, 9.17) is 24.0 Å². The molecule has 0 fully saturated rings. The van der Waals surface area contributed by atoms with Gasteiger partial charge in [-0.2, -0.15) is 5.26 Å². The number of esters is 1. The normalized spacial score (nSPS) is 15.1. The molecule has 7 heteroatoms. The molecule has 5 rings (SSSR count). The SMILES string of the molecule is Cc1cc(C)c2c(C)c(C(=O)Oc3ccc4c(c3)OC(N)=C(C#N)C4c3ccc(C)o3)oc2c1. The summed E-state index contributed by atoms with van der Waals surface area (Å²) in [6, 6.07) is 14.7. The molecule has 1 aliphatic rings. The second-order valence-corrected chi connectivity index (χ2v) is 8.47. The maximum atomic E-state index is 13.0. The number of aryl methyl sites for hydroxylation is 4. The monoisotopic (exact) mass is 454 g/mol. The first-order valence-electron chi connectivity index (χ1n) is 10.8. The zero-order chi connectivity index (χ0) is 24.1. The second-order valence-electron chi connectivity index (χ2n) is 8.47. The van der Waals surface area contributed by atoms with E-state index in [2.05, 4.69) is 6.07 Å². The van der Waals surface area contributed by atoms with E-state index in [0.717, 1.165) is 27.8 Å². The summed E-state index contributed by atoms with van der Waals surface area (Å²) in [6.45, 7) is 7.63. The van der Waals surface area contributed by atoms with Gasteiger partial charge in [-0.3, -0.25) is 0 Å². The van der Waals surface area contributed by atoms with E-state index >= 15 is 0 Å². The van der Waals surface area contributed by atoms with Crippen LogP contribution in [0.1, 0.15) is 50.2 Å². The van der Waals surface area contributed by atoms with Gasteiger partial charge in [0.15, 0.2) is 0 Å². The standard InChI is InChI=1S/C27H22N2O5/c1-13-9-14(2)23-16(4)25(33-22(23)10-13)27(30)32-17-6-7-18-21(11-17)34-26(29)19(12-28)24(18)20-8-5-15(3)31-20/h5-11,24H,29H2,1-4H3. The molecular weight excluding hydrogens is 432 g/mol. The van der Waals surface area contributed by atoms with Crippen LogP contribution in [-0.4, -0.2) is 5.97 Å². The van der Waals surface area contributed by atoms with Gasteiger partial charge in [0, 0.05) is 22.6 Å². The fourth-order valence-corrected chi connectivity index (χ4v) is 4.54. The molecule has 2 aromatic carbocycles. The highest BCUT2D eigenvalue weighted by atomic mass is 16.5. The molecule has 1 atom stereocenters. The lowest BCUT2D eigenvalue weighted by molar-refractivity contribution is 0.0702. The molecular formula is C27H22N2O5. The zero-order valence-corrected chi connectivity index (χ0v) is 19.2. The Kier molecular flexibility index (Phi) is 4.94. The number of furan rings is 2. The third-order valence-electron chi connectivity index (χ3n) is 6.00. The Labute approximate surface area is 196 Å². The molecule has 34 heavy (non-hydrogen) atoms. The molecule has 0 radical (unpaired) electrons. The van der Waals surface area contributed by atoms with Gasteiger partial charge < -0.3 is 24.0 Å². The lowest BCUT2D eigenvalue weighted by Crippen LogP contribution is -2.21. The third-order valence-corrected chi connectivity index (χ3v) is 6.00. The maximum absolute atomic E-state index is 13.0. The van der Waals surface area contributed by atoms with Gasteiger partial charge in [-0.1, -0.05) is 12.1 Å². The Hall–Kier alpha value is -4.44. The highest BCUT2D eigenvalue weighted by Gasteiger charge is 2.33. The molecule has 2 aromatic heterocycles. The molecule has 2 N–H and O–H groups in total. The molecule has 0 amide bonds. The van der Waals surface area contributed by atoms with E-state index in [1.165, 1.54) is 0 Å². The third kappa shape index (κ3) is 3.41. The van der Waals surface area contributed by atoms with Gasteiger partial charge >= 0.3 is 5.97 Å². The van der Waals surface area contributed by atoms with Gasteiger partial charge in [-0.15, -0.1) is 0 Å². The van der Waals surface area contributed by atoms with E-state index in [9.17, 15) is 10.1 Å². The molecule has 0 spiro atoms. The maximum Gasteiger partial charge on any atom is 0.379 e. The van der Waals surface area contributed by atoms with E-state index in [-0.39, 0.29) is 23.0 Å². The summed E-state index contributed by atoms with van der Waals surface area (Å²) in [5, 5.41) is 10.6. The number of allylic oxidation sites excluding steroid dienone is 1. The Balaban J connectivity index is 1.49. The van der Waals surface area contributed by atoms with Crippen molar-refractivity contribution < 1.29 is 23.1 Å². The summed E-state index contributed by atoms with van der Waals surface area (Å²) >= 11 is 0. The summed E-state index contributed by atoms with van der Waals surface area (Å²) in [7, 11) is 0. The number of fused-ring (bicyclic) bond motifs is 2. The number of hydrogen-bond donors (Lipinski definition) is 1. The second kappa shape index (κ2) is 7.85. The fraction of sp³-hybridized carbons (Fsp3) is 0.185. The average Bonchev–Trinajstić information content (AvgIpc) is 3.35. The van der Waals surface area contributed by atoms with Crippen LogP contribution in [0.2, 0.25) is 0 Å². The highest BCUT2D eigenvalue weighted by molar-refractivity contribution is 5.98. The first kappa shape index (κ1) is 21.4. The molecule has 0 saturated carbocycles. The van der Waals surface area contributed by atoms with Crippen LogP contribution in [-0.2, 0) is 0 Å². The van der Waals surface area contributed by atoms with Crippen LogP contribution in [0.4, 0.5) is 0 Å². The van der Waals surface area contributed by atoms with Gasteiger partial charge in [-0.05, 0) is 63.1 Å². The lowest BCUT2D eigenvalue weighted by Gasteiger charge is -2.25. The van der Waals surface area contributed by atoms with Crippen molar-refractivity contribution >= 4 is 16.9 Å². The summed E-state index contributed by atoms with van der Waals surface area (Å²) in [6.07, 6.45) is 0. The van der Waals surface area contributed by atoms with Crippen LogP contribution < -0.4 is 15.2 Å². The first-order valence-corrected chi connectivity index (χ1v) is 10.8. The van der Waals surface area contributed by atoms with E-state index in [1.807, 2.05) is 52.0 Å². The van der Waals surface area contributed by atoms with Crippen molar-refractivity contribution in [3.8, 4) is 17.6 Å². The Morgan fingerprint density at radius 1 is 1.06 bits per heavy atom. The Bertz CT molecular complexity index is 1550. The summed E-state index contributed by atoms with van der Waals surface area (Å²) in [5.41, 5.74) is 10.4. The lowest BCUT2D eigenvalue weighted by atomic mass is 9.87. The van der Waals surface area contributed by atoms with Crippen molar-refractivity contribution in [2.45, 2.75) is 33.6 Å².